The predicted molar refractivity (Wildman–Crippen MR) is 66.8 cm³/mol. The van der Waals surface area contributed by atoms with Gasteiger partial charge in [-0.15, -0.1) is 0 Å². The standard InChI is InChI=1S/C11H21NO5S/c1-3-8(2)10(11(13)14)12-18(15,16)7-9-5-4-6-17-9/h8-10,12H,3-7H2,1-2H3,(H,13,14)/t8-,9?,10-/m0/s1. The van der Waals surface area contributed by atoms with Gasteiger partial charge in [0.15, 0.2) is 0 Å². The molecule has 106 valence electrons. The Morgan fingerprint density at radius 2 is 2.22 bits per heavy atom. The second kappa shape index (κ2) is 6.49. The molecule has 1 rings (SSSR count). The van der Waals surface area contributed by atoms with Crippen molar-refractivity contribution in [2.24, 2.45) is 5.92 Å². The topological polar surface area (TPSA) is 92.7 Å². The van der Waals surface area contributed by atoms with E-state index in [-0.39, 0.29) is 17.8 Å². The first-order valence-corrected chi connectivity index (χ1v) is 7.85. The summed E-state index contributed by atoms with van der Waals surface area (Å²) < 4.78 is 31.2. The summed E-state index contributed by atoms with van der Waals surface area (Å²) in [6.07, 6.45) is 1.85. The van der Waals surface area contributed by atoms with Crippen molar-refractivity contribution in [3.05, 3.63) is 0 Å². The van der Waals surface area contributed by atoms with Crippen LogP contribution in [0.15, 0.2) is 0 Å². The number of rotatable bonds is 7. The fraction of sp³-hybridized carbons (Fsp3) is 0.909. The molecule has 0 saturated carbocycles. The second-order valence-electron chi connectivity index (χ2n) is 4.74. The van der Waals surface area contributed by atoms with E-state index in [1.54, 1.807) is 6.92 Å². The third kappa shape index (κ3) is 4.55. The first-order chi connectivity index (χ1) is 8.35. The summed E-state index contributed by atoms with van der Waals surface area (Å²) in [7, 11) is -3.62. The van der Waals surface area contributed by atoms with E-state index < -0.39 is 22.0 Å². The summed E-state index contributed by atoms with van der Waals surface area (Å²) in [5, 5.41) is 9.04. The van der Waals surface area contributed by atoms with Crippen LogP contribution in [0.25, 0.3) is 0 Å². The van der Waals surface area contributed by atoms with Crippen molar-refractivity contribution < 1.29 is 23.1 Å². The van der Waals surface area contributed by atoms with E-state index in [2.05, 4.69) is 4.72 Å². The van der Waals surface area contributed by atoms with E-state index in [4.69, 9.17) is 9.84 Å². The van der Waals surface area contributed by atoms with E-state index in [0.29, 0.717) is 19.4 Å². The average Bonchev–Trinajstić information content (AvgIpc) is 2.76. The maximum atomic E-state index is 11.9. The minimum Gasteiger partial charge on any atom is -0.480 e. The van der Waals surface area contributed by atoms with Crippen molar-refractivity contribution in [3.63, 3.8) is 0 Å². The summed E-state index contributed by atoms with van der Waals surface area (Å²) in [5.74, 6) is -1.55. The predicted octanol–water partition coefficient (Wildman–Crippen LogP) is 0.584. The van der Waals surface area contributed by atoms with Crippen molar-refractivity contribution >= 4 is 16.0 Å². The molecule has 1 saturated heterocycles. The number of ether oxygens (including phenoxy) is 1. The number of hydrogen-bond acceptors (Lipinski definition) is 4. The molecule has 0 bridgehead atoms. The second-order valence-corrected chi connectivity index (χ2v) is 6.53. The van der Waals surface area contributed by atoms with Gasteiger partial charge >= 0.3 is 5.97 Å². The molecule has 6 nitrogen and oxygen atoms in total. The molecule has 0 radical (unpaired) electrons. The molecule has 1 heterocycles. The van der Waals surface area contributed by atoms with E-state index >= 15 is 0 Å². The lowest BCUT2D eigenvalue weighted by molar-refractivity contribution is -0.140. The summed E-state index contributed by atoms with van der Waals surface area (Å²) in [6, 6.07) is -1.07. The van der Waals surface area contributed by atoms with Crippen LogP contribution in [0.4, 0.5) is 0 Å². The summed E-state index contributed by atoms with van der Waals surface area (Å²) in [4.78, 5) is 11.1. The molecule has 0 amide bonds. The molecule has 7 heteroatoms. The van der Waals surface area contributed by atoms with Gasteiger partial charge in [-0.25, -0.2) is 13.1 Å². The van der Waals surface area contributed by atoms with Gasteiger partial charge in [0.25, 0.3) is 0 Å². The van der Waals surface area contributed by atoms with Gasteiger partial charge in [0.1, 0.15) is 6.04 Å². The number of carboxylic acids is 1. The molecule has 1 fully saturated rings. The molecule has 1 aliphatic heterocycles. The minimum absolute atomic E-state index is 0.160. The molecule has 1 aliphatic rings. The molecule has 0 spiro atoms. The van der Waals surface area contributed by atoms with E-state index in [0.717, 1.165) is 6.42 Å². The maximum Gasteiger partial charge on any atom is 0.322 e. The number of nitrogens with one attached hydrogen (secondary N) is 1. The molecule has 3 atom stereocenters. The Morgan fingerprint density at radius 1 is 1.56 bits per heavy atom. The quantitative estimate of drug-likeness (QED) is 0.711. The van der Waals surface area contributed by atoms with Crippen LogP contribution in [0.2, 0.25) is 0 Å². The highest BCUT2D eigenvalue weighted by Crippen LogP contribution is 2.15. The normalized spacial score (nSPS) is 23.8. The van der Waals surface area contributed by atoms with Gasteiger partial charge in [-0.1, -0.05) is 20.3 Å². The van der Waals surface area contributed by atoms with Crippen LogP contribution in [0.3, 0.4) is 0 Å². The third-order valence-corrected chi connectivity index (χ3v) is 4.64. The summed E-state index contributed by atoms with van der Waals surface area (Å²) in [5.41, 5.74) is 0. The minimum atomic E-state index is -3.62. The van der Waals surface area contributed by atoms with Crippen molar-refractivity contribution in [2.75, 3.05) is 12.4 Å². The monoisotopic (exact) mass is 279 g/mol. The number of carboxylic acid groups (broad SMARTS) is 1. The summed E-state index contributed by atoms with van der Waals surface area (Å²) in [6.45, 7) is 4.12. The highest BCUT2D eigenvalue weighted by Gasteiger charge is 2.31. The molecule has 2 N–H and O–H groups in total. The zero-order valence-corrected chi connectivity index (χ0v) is 11.6. The van der Waals surface area contributed by atoms with Crippen molar-refractivity contribution in [1.29, 1.82) is 0 Å². The lowest BCUT2D eigenvalue weighted by Crippen LogP contribution is -2.47. The number of carbonyl (C=O) groups is 1. The lowest BCUT2D eigenvalue weighted by atomic mass is 10.0. The Balaban J connectivity index is 2.63. The maximum absolute atomic E-state index is 11.9. The Labute approximate surface area is 108 Å². The van der Waals surface area contributed by atoms with Gasteiger partial charge in [0.05, 0.1) is 11.9 Å². The molecular formula is C11H21NO5S. The SMILES string of the molecule is CC[C@H](C)[C@H](NS(=O)(=O)CC1CCCO1)C(=O)O. The van der Waals surface area contributed by atoms with E-state index in [9.17, 15) is 13.2 Å². The smallest absolute Gasteiger partial charge is 0.322 e. The van der Waals surface area contributed by atoms with Crippen LogP contribution in [0, 0.1) is 5.92 Å². The van der Waals surface area contributed by atoms with Gasteiger partial charge in [0.2, 0.25) is 10.0 Å². The highest BCUT2D eigenvalue weighted by atomic mass is 32.2. The number of hydrogen-bond donors (Lipinski definition) is 2. The Hall–Kier alpha value is -0.660. The van der Waals surface area contributed by atoms with E-state index in [1.165, 1.54) is 0 Å². The molecule has 0 aromatic rings. The molecule has 0 aromatic heterocycles. The van der Waals surface area contributed by atoms with Crippen molar-refractivity contribution in [2.45, 2.75) is 45.3 Å². The molecule has 18 heavy (non-hydrogen) atoms. The van der Waals surface area contributed by atoms with Gasteiger partial charge in [-0.05, 0) is 18.8 Å². The molecule has 1 unspecified atom stereocenters. The van der Waals surface area contributed by atoms with Crippen LogP contribution in [-0.4, -0.2) is 44.0 Å². The van der Waals surface area contributed by atoms with Gasteiger partial charge in [-0.2, -0.15) is 0 Å². The van der Waals surface area contributed by atoms with E-state index in [1.807, 2.05) is 6.92 Å². The average molecular weight is 279 g/mol. The first-order valence-electron chi connectivity index (χ1n) is 6.20. The van der Waals surface area contributed by atoms with Crippen molar-refractivity contribution in [3.8, 4) is 0 Å². The summed E-state index contributed by atoms with van der Waals surface area (Å²) >= 11 is 0. The molecule has 0 aromatic carbocycles. The van der Waals surface area contributed by atoms with Crippen LogP contribution in [-0.2, 0) is 19.6 Å². The first kappa shape index (κ1) is 15.4. The van der Waals surface area contributed by atoms with Gasteiger partial charge < -0.3 is 9.84 Å². The molecular weight excluding hydrogens is 258 g/mol. The number of sulfonamides is 1. The van der Waals surface area contributed by atoms with Gasteiger partial charge in [-0.3, -0.25) is 4.79 Å². The fourth-order valence-electron chi connectivity index (χ4n) is 1.91. The zero-order valence-electron chi connectivity index (χ0n) is 10.8. The molecule has 0 aliphatic carbocycles. The van der Waals surface area contributed by atoms with Crippen LogP contribution < -0.4 is 4.72 Å². The fourth-order valence-corrected chi connectivity index (χ4v) is 3.48. The van der Waals surface area contributed by atoms with Crippen molar-refractivity contribution in [1.82, 2.24) is 4.72 Å². The Kier molecular flexibility index (Phi) is 5.55. The third-order valence-electron chi connectivity index (χ3n) is 3.21. The largest absolute Gasteiger partial charge is 0.480 e. The lowest BCUT2D eigenvalue weighted by Gasteiger charge is -2.21. The van der Waals surface area contributed by atoms with Crippen LogP contribution in [0.5, 0.6) is 0 Å². The highest BCUT2D eigenvalue weighted by molar-refractivity contribution is 7.89. The Morgan fingerprint density at radius 3 is 2.67 bits per heavy atom. The van der Waals surface area contributed by atoms with Gasteiger partial charge in [0, 0.05) is 6.61 Å². The Bertz CT molecular complexity index is 375. The van der Waals surface area contributed by atoms with Crippen LogP contribution >= 0.6 is 0 Å². The number of aliphatic carboxylic acids is 1. The van der Waals surface area contributed by atoms with Crippen LogP contribution in [0.1, 0.15) is 33.1 Å². The zero-order chi connectivity index (χ0) is 13.8.